The number of thioether (sulfide) groups is 1. The summed E-state index contributed by atoms with van der Waals surface area (Å²) in [5, 5.41) is 12.1. The van der Waals surface area contributed by atoms with E-state index in [1.54, 1.807) is 11.8 Å². The minimum absolute atomic E-state index is 0.121. The molecule has 1 aromatic heterocycles. The Morgan fingerprint density at radius 2 is 2.25 bits per heavy atom. The molecule has 1 aliphatic carbocycles. The van der Waals surface area contributed by atoms with Gasteiger partial charge in [-0.2, -0.15) is 0 Å². The fourth-order valence-electron chi connectivity index (χ4n) is 2.64. The predicted octanol–water partition coefficient (Wildman–Crippen LogP) is 2.38. The van der Waals surface area contributed by atoms with Crippen LogP contribution in [0.2, 0.25) is 0 Å². The van der Waals surface area contributed by atoms with Crippen molar-refractivity contribution < 1.29 is 4.79 Å². The number of aromatic nitrogens is 3. The second kappa shape index (κ2) is 7.47. The standard InChI is InChI=1S/C14H22N4OS/c1-3-8-18-12(16-17-14(18)20-2)10-15-13(19)9-11-6-4-5-7-11/h3,11H,1,4-10H2,2H3,(H,15,19). The van der Waals surface area contributed by atoms with Crippen molar-refractivity contribution in [2.75, 3.05) is 6.26 Å². The van der Waals surface area contributed by atoms with Crippen LogP contribution < -0.4 is 5.32 Å². The monoisotopic (exact) mass is 294 g/mol. The topological polar surface area (TPSA) is 59.8 Å². The van der Waals surface area contributed by atoms with Gasteiger partial charge in [-0.1, -0.05) is 30.7 Å². The first-order valence-electron chi connectivity index (χ1n) is 7.08. The first kappa shape index (κ1) is 15.1. The smallest absolute Gasteiger partial charge is 0.220 e. The Bertz CT molecular complexity index is 466. The van der Waals surface area contributed by atoms with Crippen molar-refractivity contribution in [3.63, 3.8) is 0 Å². The maximum absolute atomic E-state index is 11.9. The number of allylic oxidation sites excluding steroid dienone is 1. The lowest BCUT2D eigenvalue weighted by Crippen LogP contribution is -2.26. The third-order valence-corrected chi connectivity index (χ3v) is 4.35. The highest BCUT2D eigenvalue weighted by Crippen LogP contribution is 2.27. The Labute approximate surface area is 124 Å². The average Bonchev–Trinajstić information content (AvgIpc) is 3.07. The number of amides is 1. The molecule has 0 unspecified atom stereocenters. The lowest BCUT2D eigenvalue weighted by atomic mass is 10.0. The van der Waals surface area contributed by atoms with E-state index in [0.29, 0.717) is 25.4 Å². The molecule has 1 N–H and O–H groups in total. The van der Waals surface area contributed by atoms with Gasteiger partial charge in [-0.25, -0.2) is 0 Å². The number of hydrogen-bond donors (Lipinski definition) is 1. The van der Waals surface area contributed by atoms with Gasteiger partial charge in [0.2, 0.25) is 5.91 Å². The van der Waals surface area contributed by atoms with E-state index in [1.165, 1.54) is 25.7 Å². The molecule has 110 valence electrons. The van der Waals surface area contributed by atoms with Gasteiger partial charge < -0.3 is 9.88 Å². The molecule has 0 aliphatic heterocycles. The van der Waals surface area contributed by atoms with Gasteiger partial charge in [-0.05, 0) is 25.0 Å². The summed E-state index contributed by atoms with van der Waals surface area (Å²) in [6, 6.07) is 0. The van der Waals surface area contributed by atoms with Crippen LogP contribution in [-0.2, 0) is 17.9 Å². The summed E-state index contributed by atoms with van der Waals surface area (Å²) < 4.78 is 1.98. The SMILES string of the molecule is C=CCn1c(CNC(=O)CC2CCCC2)nnc1SC. The van der Waals surface area contributed by atoms with Crippen LogP contribution in [0.15, 0.2) is 17.8 Å². The lowest BCUT2D eigenvalue weighted by molar-refractivity contribution is -0.122. The first-order chi connectivity index (χ1) is 9.74. The summed E-state index contributed by atoms with van der Waals surface area (Å²) in [6.07, 6.45) is 9.34. The number of rotatable bonds is 7. The molecule has 5 nitrogen and oxygen atoms in total. The summed E-state index contributed by atoms with van der Waals surface area (Å²) in [6.45, 7) is 4.84. The summed E-state index contributed by atoms with van der Waals surface area (Å²) >= 11 is 1.55. The van der Waals surface area contributed by atoms with E-state index in [2.05, 4.69) is 22.1 Å². The van der Waals surface area contributed by atoms with Crippen LogP contribution in [0.25, 0.3) is 0 Å². The maximum Gasteiger partial charge on any atom is 0.220 e. The van der Waals surface area contributed by atoms with Gasteiger partial charge in [-0.15, -0.1) is 16.8 Å². The molecule has 0 atom stereocenters. The fraction of sp³-hybridized carbons (Fsp3) is 0.643. The highest BCUT2D eigenvalue weighted by atomic mass is 32.2. The van der Waals surface area contributed by atoms with Crippen LogP contribution in [0.3, 0.4) is 0 Å². The molecule has 0 saturated heterocycles. The van der Waals surface area contributed by atoms with Crippen LogP contribution in [-0.4, -0.2) is 26.9 Å². The highest BCUT2D eigenvalue weighted by molar-refractivity contribution is 7.98. The van der Waals surface area contributed by atoms with Gasteiger partial charge >= 0.3 is 0 Å². The third-order valence-electron chi connectivity index (χ3n) is 3.68. The van der Waals surface area contributed by atoms with Gasteiger partial charge in [0.1, 0.15) is 0 Å². The van der Waals surface area contributed by atoms with E-state index in [1.807, 2.05) is 16.9 Å². The minimum atomic E-state index is 0.121. The first-order valence-corrected chi connectivity index (χ1v) is 8.30. The lowest BCUT2D eigenvalue weighted by Gasteiger charge is -2.10. The molecular formula is C14H22N4OS. The van der Waals surface area contributed by atoms with E-state index in [9.17, 15) is 4.79 Å². The van der Waals surface area contributed by atoms with Crippen molar-refractivity contribution in [2.24, 2.45) is 5.92 Å². The molecule has 1 heterocycles. The molecule has 1 aliphatic rings. The molecule has 0 aromatic carbocycles. The molecule has 6 heteroatoms. The third kappa shape index (κ3) is 3.85. The van der Waals surface area contributed by atoms with Crippen molar-refractivity contribution in [3.05, 3.63) is 18.5 Å². The Morgan fingerprint density at radius 1 is 1.50 bits per heavy atom. The van der Waals surface area contributed by atoms with Crippen LogP contribution in [0.1, 0.15) is 37.9 Å². The highest BCUT2D eigenvalue weighted by Gasteiger charge is 2.19. The molecule has 20 heavy (non-hydrogen) atoms. The van der Waals surface area contributed by atoms with E-state index >= 15 is 0 Å². The largest absolute Gasteiger partial charge is 0.349 e. The molecule has 1 amide bonds. The molecule has 0 bridgehead atoms. The van der Waals surface area contributed by atoms with Gasteiger partial charge in [0.15, 0.2) is 11.0 Å². The fourth-order valence-corrected chi connectivity index (χ4v) is 3.16. The Balaban J connectivity index is 1.87. The number of carbonyl (C=O) groups is 1. The van der Waals surface area contributed by atoms with Gasteiger partial charge in [-0.3, -0.25) is 4.79 Å². The summed E-state index contributed by atoms with van der Waals surface area (Å²) in [5.74, 6) is 1.48. The summed E-state index contributed by atoms with van der Waals surface area (Å²) in [4.78, 5) is 11.9. The van der Waals surface area contributed by atoms with E-state index in [4.69, 9.17) is 0 Å². The van der Waals surface area contributed by atoms with Crippen molar-refractivity contribution in [1.82, 2.24) is 20.1 Å². The van der Waals surface area contributed by atoms with E-state index in [0.717, 1.165) is 11.0 Å². The van der Waals surface area contributed by atoms with Crippen LogP contribution >= 0.6 is 11.8 Å². The van der Waals surface area contributed by atoms with Crippen LogP contribution in [0, 0.1) is 5.92 Å². The molecular weight excluding hydrogens is 272 g/mol. The quantitative estimate of drug-likeness (QED) is 0.619. The Hall–Kier alpha value is -1.30. The van der Waals surface area contributed by atoms with Gasteiger partial charge in [0, 0.05) is 13.0 Å². The molecule has 2 rings (SSSR count). The predicted molar refractivity (Wildman–Crippen MR) is 80.4 cm³/mol. The Kier molecular flexibility index (Phi) is 5.64. The molecule has 1 saturated carbocycles. The molecule has 0 spiro atoms. The van der Waals surface area contributed by atoms with Gasteiger partial charge in [0.05, 0.1) is 6.54 Å². The second-order valence-corrected chi connectivity index (χ2v) is 5.91. The molecule has 1 fully saturated rings. The summed E-state index contributed by atoms with van der Waals surface area (Å²) in [5.41, 5.74) is 0. The van der Waals surface area contributed by atoms with Crippen LogP contribution in [0.4, 0.5) is 0 Å². The Morgan fingerprint density at radius 3 is 2.90 bits per heavy atom. The van der Waals surface area contributed by atoms with E-state index < -0.39 is 0 Å². The zero-order valence-corrected chi connectivity index (χ0v) is 12.8. The zero-order valence-electron chi connectivity index (χ0n) is 12.0. The number of hydrogen-bond acceptors (Lipinski definition) is 4. The average molecular weight is 294 g/mol. The number of carbonyl (C=O) groups excluding carboxylic acids is 1. The van der Waals surface area contributed by atoms with Crippen molar-refractivity contribution in [2.45, 2.75) is 50.4 Å². The van der Waals surface area contributed by atoms with Crippen LogP contribution in [0.5, 0.6) is 0 Å². The van der Waals surface area contributed by atoms with Crippen molar-refractivity contribution in [1.29, 1.82) is 0 Å². The molecule has 1 aromatic rings. The number of nitrogens with one attached hydrogen (secondary N) is 1. The normalized spacial score (nSPS) is 15.4. The van der Waals surface area contributed by atoms with Gasteiger partial charge in [0.25, 0.3) is 0 Å². The number of nitrogens with zero attached hydrogens (tertiary/aromatic N) is 3. The zero-order chi connectivity index (χ0) is 14.4. The molecule has 0 radical (unpaired) electrons. The minimum Gasteiger partial charge on any atom is -0.349 e. The maximum atomic E-state index is 11.9. The van der Waals surface area contributed by atoms with Crippen molar-refractivity contribution >= 4 is 17.7 Å². The van der Waals surface area contributed by atoms with Crippen molar-refractivity contribution in [3.8, 4) is 0 Å². The van der Waals surface area contributed by atoms with E-state index in [-0.39, 0.29) is 5.91 Å². The second-order valence-electron chi connectivity index (χ2n) is 5.13. The summed E-state index contributed by atoms with van der Waals surface area (Å²) in [7, 11) is 0.